The normalized spacial score (nSPS) is 22.4. The summed E-state index contributed by atoms with van der Waals surface area (Å²) in [5, 5.41) is 2.80. The minimum Gasteiger partial charge on any atom is -0.497 e. The molecule has 0 aliphatic carbocycles. The van der Waals surface area contributed by atoms with Crippen LogP contribution in [0.5, 0.6) is 5.75 Å². The van der Waals surface area contributed by atoms with Crippen molar-refractivity contribution in [3.05, 3.63) is 29.8 Å². The van der Waals surface area contributed by atoms with E-state index in [2.05, 4.69) is 5.32 Å². The van der Waals surface area contributed by atoms with Crippen molar-refractivity contribution in [1.82, 2.24) is 10.2 Å². The van der Waals surface area contributed by atoms with Gasteiger partial charge in [0.25, 0.3) is 0 Å². The summed E-state index contributed by atoms with van der Waals surface area (Å²) >= 11 is 0. The lowest BCUT2D eigenvalue weighted by molar-refractivity contribution is -0.150. The second-order valence-corrected chi connectivity index (χ2v) is 5.72. The van der Waals surface area contributed by atoms with Crippen LogP contribution in [-0.2, 0) is 16.1 Å². The number of methoxy groups -OCH3 is 1. The standard InChI is InChI=1S/C16H22N2O3/c1-10(2)14-16(20)18(11(3)15(19)17-14)9-12-6-5-7-13(8-12)21-4/h5-8,10-11,14H,9H2,1-4H3,(H,17,19). The molecule has 0 radical (unpaired) electrons. The van der Waals surface area contributed by atoms with Crippen molar-refractivity contribution in [2.75, 3.05) is 7.11 Å². The number of carbonyl (C=O) groups is 2. The van der Waals surface area contributed by atoms with E-state index in [4.69, 9.17) is 4.74 Å². The summed E-state index contributed by atoms with van der Waals surface area (Å²) in [6.07, 6.45) is 0. The smallest absolute Gasteiger partial charge is 0.246 e. The maximum Gasteiger partial charge on any atom is 0.246 e. The molecule has 2 atom stereocenters. The Kier molecular flexibility index (Phi) is 4.50. The van der Waals surface area contributed by atoms with Gasteiger partial charge < -0.3 is 15.0 Å². The second-order valence-electron chi connectivity index (χ2n) is 5.72. The minimum absolute atomic E-state index is 0.0279. The van der Waals surface area contributed by atoms with Crippen molar-refractivity contribution in [3.8, 4) is 5.75 Å². The summed E-state index contributed by atoms with van der Waals surface area (Å²) in [7, 11) is 1.61. The topological polar surface area (TPSA) is 58.6 Å². The number of ether oxygens (including phenoxy) is 1. The van der Waals surface area contributed by atoms with E-state index in [1.165, 1.54) is 0 Å². The van der Waals surface area contributed by atoms with Gasteiger partial charge in [0.15, 0.2) is 0 Å². The first-order valence-electron chi connectivity index (χ1n) is 7.17. The second kappa shape index (κ2) is 6.16. The molecule has 2 amide bonds. The highest BCUT2D eigenvalue weighted by Gasteiger charge is 2.39. The molecule has 0 saturated carbocycles. The van der Waals surface area contributed by atoms with E-state index in [0.717, 1.165) is 11.3 Å². The summed E-state index contributed by atoms with van der Waals surface area (Å²) < 4.78 is 5.20. The van der Waals surface area contributed by atoms with Crippen molar-refractivity contribution in [2.45, 2.75) is 39.4 Å². The fourth-order valence-electron chi connectivity index (χ4n) is 2.48. The van der Waals surface area contributed by atoms with Gasteiger partial charge >= 0.3 is 0 Å². The molecule has 1 N–H and O–H groups in total. The lowest BCUT2D eigenvalue weighted by Crippen LogP contribution is -2.63. The van der Waals surface area contributed by atoms with Crippen LogP contribution in [0.3, 0.4) is 0 Å². The highest BCUT2D eigenvalue weighted by molar-refractivity contribution is 5.96. The van der Waals surface area contributed by atoms with E-state index in [9.17, 15) is 9.59 Å². The maximum atomic E-state index is 12.6. The molecule has 5 nitrogen and oxygen atoms in total. The van der Waals surface area contributed by atoms with Gasteiger partial charge in [0.05, 0.1) is 7.11 Å². The third-order valence-electron chi connectivity index (χ3n) is 3.85. The number of piperazine rings is 1. The van der Waals surface area contributed by atoms with Gasteiger partial charge in [-0.05, 0) is 30.5 Å². The number of amides is 2. The van der Waals surface area contributed by atoms with Crippen molar-refractivity contribution >= 4 is 11.8 Å². The van der Waals surface area contributed by atoms with E-state index in [0.29, 0.717) is 6.54 Å². The van der Waals surface area contributed by atoms with Crippen LogP contribution in [0.15, 0.2) is 24.3 Å². The first kappa shape index (κ1) is 15.4. The Hall–Kier alpha value is -2.04. The average molecular weight is 290 g/mol. The Bertz CT molecular complexity index is 542. The lowest BCUT2D eigenvalue weighted by Gasteiger charge is -2.38. The van der Waals surface area contributed by atoms with Gasteiger partial charge in [-0.2, -0.15) is 0 Å². The molecule has 2 unspecified atom stereocenters. The molecule has 1 saturated heterocycles. The van der Waals surface area contributed by atoms with Crippen molar-refractivity contribution in [2.24, 2.45) is 5.92 Å². The van der Waals surface area contributed by atoms with E-state index in [1.54, 1.807) is 18.9 Å². The maximum absolute atomic E-state index is 12.6. The van der Waals surface area contributed by atoms with Gasteiger partial charge in [0.1, 0.15) is 17.8 Å². The number of hydrogen-bond acceptors (Lipinski definition) is 3. The Morgan fingerprint density at radius 2 is 2.05 bits per heavy atom. The Balaban J connectivity index is 2.22. The van der Waals surface area contributed by atoms with Crippen LogP contribution in [-0.4, -0.2) is 35.9 Å². The monoisotopic (exact) mass is 290 g/mol. The van der Waals surface area contributed by atoms with E-state index in [-0.39, 0.29) is 17.7 Å². The van der Waals surface area contributed by atoms with Crippen LogP contribution in [0.1, 0.15) is 26.3 Å². The van der Waals surface area contributed by atoms with E-state index in [1.807, 2.05) is 38.1 Å². The molecule has 1 fully saturated rings. The molecule has 1 aromatic carbocycles. The average Bonchev–Trinajstić information content (AvgIpc) is 2.47. The Labute approximate surface area is 125 Å². The number of carbonyl (C=O) groups excluding carboxylic acids is 2. The first-order valence-corrected chi connectivity index (χ1v) is 7.17. The van der Waals surface area contributed by atoms with Gasteiger partial charge in [-0.1, -0.05) is 26.0 Å². The molecule has 21 heavy (non-hydrogen) atoms. The molecule has 1 aromatic rings. The molecule has 1 aliphatic rings. The van der Waals surface area contributed by atoms with Crippen LogP contribution in [0.25, 0.3) is 0 Å². The largest absolute Gasteiger partial charge is 0.497 e. The predicted molar refractivity (Wildman–Crippen MR) is 79.8 cm³/mol. The molecule has 1 aliphatic heterocycles. The van der Waals surface area contributed by atoms with E-state index < -0.39 is 12.1 Å². The van der Waals surface area contributed by atoms with Crippen LogP contribution >= 0.6 is 0 Å². The third kappa shape index (κ3) is 3.17. The summed E-state index contributed by atoms with van der Waals surface area (Å²) in [5.41, 5.74) is 0.951. The van der Waals surface area contributed by atoms with Gasteiger partial charge in [-0.3, -0.25) is 9.59 Å². The molecule has 0 spiro atoms. The number of benzene rings is 1. The molecule has 0 bridgehead atoms. The molecule has 2 rings (SSSR count). The van der Waals surface area contributed by atoms with Crippen LogP contribution < -0.4 is 10.1 Å². The molecule has 1 heterocycles. The summed E-state index contributed by atoms with van der Waals surface area (Å²) in [6, 6.07) is 6.65. The number of hydrogen-bond donors (Lipinski definition) is 1. The third-order valence-corrected chi connectivity index (χ3v) is 3.85. The number of rotatable bonds is 4. The SMILES string of the molecule is COc1cccc(CN2C(=O)C(C(C)C)NC(=O)C2C)c1. The predicted octanol–water partition coefficient (Wildman–Crippen LogP) is 1.57. The fourth-order valence-corrected chi connectivity index (χ4v) is 2.48. The fraction of sp³-hybridized carbons (Fsp3) is 0.500. The summed E-state index contributed by atoms with van der Waals surface area (Å²) in [5.74, 6) is 0.687. The quantitative estimate of drug-likeness (QED) is 0.915. The highest BCUT2D eigenvalue weighted by Crippen LogP contribution is 2.20. The van der Waals surface area contributed by atoms with Crippen LogP contribution in [0.4, 0.5) is 0 Å². The van der Waals surface area contributed by atoms with E-state index >= 15 is 0 Å². The summed E-state index contributed by atoms with van der Waals surface area (Å²) in [6.45, 7) is 6.03. The zero-order valence-electron chi connectivity index (χ0n) is 12.9. The molecule has 5 heteroatoms. The first-order chi connectivity index (χ1) is 9.93. The van der Waals surface area contributed by atoms with Crippen molar-refractivity contribution < 1.29 is 14.3 Å². The zero-order valence-corrected chi connectivity index (χ0v) is 12.9. The van der Waals surface area contributed by atoms with Crippen LogP contribution in [0, 0.1) is 5.92 Å². The number of nitrogens with one attached hydrogen (secondary N) is 1. The van der Waals surface area contributed by atoms with Gasteiger partial charge in [0, 0.05) is 6.54 Å². The minimum atomic E-state index is -0.460. The van der Waals surface area contributed by atoms with Gasteiger partial charge in [-0.15, -0.1) is 0 Å². The zero-order chi connectivity index (χ0) is 15.6. The van der Waals surface area contributed by atoms with Crippen LogP contribution in [0.2, 0.25) is 0 Å². The molecular weight excluding hydrogens is 268 g/mol. The van der Waals surface area contributed by atoms with Crippen molar-refractivity contribution in [3.63, 3.8) is 0 Å². The highest BCUT2D eigenvalue weighted by atomic mass is 16.5. The summed E-state index contributed by atoms with van der Waals surface area (Å²) in [4.78, 5) is 26.2. The van der Waals surface area contributed by atoms with Gasteiger partial charge in [-0.25, -0.2) is 0 Å². The lowest BCUT2D eigenvalue weighted by atomic mass is 9.98. The Morgan fingerprint density at radius 3 is 2.67 bits per heavy atom. The van der Waals surface area contributed by atoms with Gasteiger partial charge in [0.2, 0.25) is 11.8 Å². The Morgan fingerprint density at radius 1 is 1.33 bits per heavy atom. The number of nitrogens with zero attached hydrogens (tertiary/aromatic N) is 1. The van der Waals surface area contributed by atoms with Crippen molar-refractivity contribution in [1.29, 1.82) is 0 Å². The molecule has 0 aromatic heterocycles. The molecular formula is C16H22N2O3. The molecule has 114 valence electrons.